The number of alkyl halides is 3. The first-order chi connectivity index (χ1) is 14.8. The van der Waals surface area contributed by atoms with Crippen molar-refractivity contribution in [1.29, 1.82) is 5.26 Å². The Labute approximate surface area is 178 Å². The van der Waals surface area contributed by atoms with Crippen LogP contribution < -0.4 is 10.2 Å². The number of hydrogen-bond donors (Lipinski definition) is 1. The van der Waals surface area contributed by atoms with Gasteiger partial charge in [0.2, 0.25) is 5.91 Å². The quantitative estimate of drug-likeness (QED) is 0.803. The van der Waals surface area contributed by atoms with Gasteiger partial charge in [0.15, 0.2) is 0 Å². The van der Waals surface area contributed by atoms with Crippen molar-refractivity contribution >= 4 is 17.4 Å². The van der Waals surface area contributed by atoms with Gasteiger partial charge in [0.25, 0.3) is 0 Å². The van der Waals surface area contributed by atoms with Gasteiger partial charge < -0.3 is 15.1 Å². The predicted molar refractivity (Wildman–Crippen MR) is 109 cm³/mol. The van der Waals surface area contributed by atoms with E-state index in [0.717, 1.165) is 31.0 Å². The van der Waals surface area contributed by atoms with Crippen LogP contribution in [-0.2, 0) is 11.0 Å². The molecule has 2 aliphatic rings. The first-order valence-electron chi connectivity index (χ1n) is 10.2. The van der Waals surface area contributed by atoms with E-state index < -0.39 is 17.4 Å². The molecule has 9 heteroatoms. The highest BCUT2D eigenvalue weighted by Crippen LogP contribution is 2.37. The lowest BCUT2D eigenvalue weighted by atomic mass is 9.75. The number of carbonyl (C=O) groups excluding carboxylic acids is 1. The smallest absolute Gasteiger partial charge is 0.371 e. The minimum atomic E-state index is -4.48. The van der Waals surface area contributed by atoms with Crippen molar-refractivity contribution in [2.75, 3.05) is 36.4 Å². The molecule has 1 saturated heterocycles. The first kappa shape index (κ1) is 21.0. The molecule has 1 saturated carbocycles. The van der Waals surface area contributed by atoms with Crippen LogP contribution >= 0.6 is 0 Å². The summed E-state index contributed by atoms with van der Waals surface area (Å²) >= 11 is 0. The summed E-state index contributed by atoms with van der Waals surface area (Å²) < 4.78 is 38.8. The third-order valence-corrected chi connectivity index (χ3v) is 5.93. The summed E-state index contributed by atoms with van der Waals surface area (Å²) in [4.78, 5) is 20.6. The molecule has 0 bridgehead atoms. The van der Waals surface area contributed by atoms with Crippen molar-refractivity contribution < 1.29 is 18.0 Å². The molecule has 1 aromatic carbocycles. The summed E-state index contributed by atoms with van der Waals surface area (Å²) in [7, 11) is 0. The fourth-order valence-corrected chi connectivity index (χ4v) is 4.03. The molecule has 162 valence electrons. The molecule has 4 rings (SSSR count). The molecule has 1 amide bonds. The largest absolute Gasteiger partial charge is 0.433 e. The van der Waals surface area contributed by atoms with E-state index in [1.54, 1.807) is 40.1 Å². The van der Waals surface area contributed by atoms with Gasteiger partial charge in [-0.2, -0.15) is 18.4 Å². The van der Waals surface area contributed by atoms with Crippen molar-refractivity contribution in [3.05, 3.63) is 53.7 Å². The van der Waals surface area contributed by atoms with E-state index in [4.69, 9.17) is 5.26 Å². The molecular weight excluding hydrogens is 407 g/mol. The van der Waals surface area contributed by atoms with E-state index in [2.05, 4.69) is 16.4 Å². The van der Waals surface area contributed by atoms with Crippen LogP contribution in [0.3, 0.4) is 0 Å². The minimum Gasteiger partial charge on any atom is -0.371 e. The monoisotopic (exact) mass is 429 g/mol. The lowest BCUT2D eigenvalue weighted by Gasteiger charge is -2.46. The Kier molecular flexibility index (Phi) is 5.48. The summed E-state index contributed by atoms with van der Waals surface area (Å²) in [5.41, 5.74) is -0.230. The van der Waals surface area contributed by atoms with Crippen LogP contribution in [0, 0.1) is 11.3 Å². The number of nitrogens with zero attached hydrogens (tertiary/aromatic N) is 4. The van der Waals surface area contributed by atoms with Crippen LogP contribution in [0.5, 0.6) is 0 Å². The molecule has 1 aromatic heterocycles. The number of piperazine rings is 1. The van der Waals surface area contributed by atoms with Gasteiger partial charge in [0, 0.05) is 31.9 Å². The number of pyridine rings is 1. The maximum Gasteiger partial charge on any atom is 0.433 e. The molecule has 0 atom stereocenters. The van der Waals surface area contributed by atoms with Crippen molar-refractivity contribution in [3.8, 4) is 6.07 Å². The Morgan fingerprint density at radius 1 is 1.06 bits per heavy atom. The second-order valence-electron chi connectivity index (χ2n) is 7.91. The standard InChI is InChI=1S/C22H22F3N5O/c23-22(24,25)18-3-1-4-19(27-18)29-11-13-30(14-12-29)20(31)21(9-2-10-21)28-17-7-5-16(15-26)6-8-17/h1,3-8,28H,2,9-14H2. The number of nitriles is 1. The SMILES string of the molecule is N#Cc1ccc(NC2(C(=O)N3CCN(c4cccc(C(F)(F)F)n4)CC3)CCC2)cc1. The van der Waals surface area contributed by atoms with Crippen molar-refractivity contribution in [2.45, 2.75) is 31.0 Å². The lowest BCUT2D eigenvalue weighted by molar-refractivity contribution is -0.141. The summed E-state index contributed by atoms with van der Waals surface area (Å²) in [6, 6.07) is 13.0. The van der Waals surface area contributed by atoms with Crippen molar-refractivity contribution in [3.63, 3.8) is 0 Å². The molecule has 0 spiro atoms. The second kappa shape index (κ2) is 8.10. The summed E-state index contributed by atoms with van der Waals surface area (Å²) in [5.74, 6) is 0.288. The van der Waals surface area contributed by atoms with Crippen LogP contribution in [0.4, 0.5) is 24.7 Å². The fourth-order valence-electron chi connectivity index (χ4n) is 4.03. The number of benzene rings is 1. The molecule has 0 radical (unpaired) electrons. The van der Waals surface area contributed by atoms with Gasteiger partial charge in [0.1, 0.15) is 17.1 Å². The highest BCUT2D eigenvalue weighted by Gasteiger charge is 2.47. The fraction of sp³-hybridized carbons (Fsp3) is 0.409. The topological polar surface area (TPSA) is 72.3 Å². The normalized spacial score (nSPS) is 18.1. The first-order valence-corrected chi connectivity index (χ1v) is 10.2. The number of rotatable bonds is 4. The molecule has 2 heterocycles. The Hall–Kier alpha value is -3.28. The van der Waals surface area contributed by atoms with Gasteiger partial charge in [-0.25, -0.2) is 4.98 Å². The number of aromatic nitrogens is 1. The average Bonchev–Trinajstić information content (AvgIpc) is 2.76. The molecule has 1 aliphatic carbocycles. The Morgan fingerprint density at radius 2 is 1.74 bits per heavy atom. The van der Waals surface area contributed by atoms with Gasteiger partial charge in [-0.1, -0.05) is 6.07 Å². The summed E-state index contributed by atoms with van der Waals surface area (Å²) in [6.07, 6.45) is -2.09. The number of nitrogens with one attached hydrogen (secondary N) is 1. The van der Waals surface area contributed by atoms with Crippen LogP contribution in [0.15, 0.2) is 42.5 Å². The molecule has 2 fully saturated rings. The van der Waals surface area contributed by atoms with E-state index in [1.807, 2.05) is 0 Å². The Bertz CT molecular complexity index is 987. The lowest BCUT2D eigenvalue weighted by Crippen LogP contribution is -2.61. The summed E-state index contributed by atoms with van der Waals surface area (Å²) in [6.45, 7) is 1.70. The molecule has 6 nitrogen and oxygen atoms in total. The zero-order valence-electron chi connectivity index (χ0n) is 16.8. The predicted octanol–water partition coefficient (Wildman–Crippen LogP) is 3.66. The van der Waals surface area contributed by atoms with Crippen LogP contribution in [-0.4, -0.2) is 47.5 Å². The number of carbonyl (C=O) groups is 1. The van der Waals surface area contributed by atoms with Crippen LogP contribution in [0.1, 0.15) is 30.5 Å². The highest BCUT2D eigenvalue weighted by atomic mass is 19.4. The highest BCUT2D eigenvalue weighted by molar-refractivity contribution is 5.90. The van der Waals surface area contributed by atoms with E-state index in [-0.39, 0.29) is 11.7 Å². The number of anilines is 2. The van der Waals surface area contributed by atoms with Gasteiger partial charge in [0.05, 0.1) is 11.6 Å². The van der Waals surface area contributed by atoms with E-state index in [0.29, 0.717) is 31.7 Å². The molecule has 0 unspecified atom stereocenters. The molecular formula is C22H22F3N5O. The van der Waals surface area contributed by atoms with Crippen LogP contribution in [0.25, 0.3) is 0 Å². The van der Waals surface area contributed by atoms with E-state index in [1.165, 1.54) is 6.07 Å². The van der Waals surface area contributed by atoms with E-state index in [9.17, 15) is 18.0 Å². The summed E-state index contributed by atoms with van der Waals surface area (Å²) in [5, 5.41) is 12.3. The zero-order chi connectivity index (χ0) is 22.1. The minimum absolute atomic E-state index is 0.0137. The number of amides is 1. The van der Waals surface area contributed by atoms with Gasteiger partial charge in [-0.15, -0.1) is 0 Å². The average molecular weight is 429 g/mol. The van der Waals surface area contributed by atoms with Gasteiger partial charge >= 0.3 is 6.18 Å². The van der Waals surface area contributed by atoms with Crippen molar-refractivity contribution in [1.82, 2.24) is 9.88 Å². The maximum atomic E-state index is 13.3. The van der Waals surface area contributed by atoms with E-state index >= 15 is 0 Å². The third-order valence-electron chi connectivity index (χ3n) is 5.93. The Morgan fingerprint density at radius 3 is 2.29 bits per heavy atom. The number of hydrogen-bond acceptors (Lipinski definition) is 5. The van der Waals surface area contributed by atoms with Crippen LogP contribution in [0.2, 0.25) is 0 Å². The zero-order valence-corrected chi connectivity index (χ0v) is 16.8. The molecule has 1 N–H and O–H groups in total. The maximum absolute atomic E-state index is 13.3. The molecule has 31 heavy (non-hydrogen) atoms. The van der Waals surface area contributed by atoms with Gasteiger partial charge in [-0.05, 0) is 55.7 Å². The second-order valence-corrected chi connectivity index (χ2v) is 7.91. The van der Waals surface area contributed by atoms with Gasteiger partial charge in [-0.3, -0.25) is 4.79 Å². The molecule has 1 aliphatic heterocycles. The van der Waals surface area contributed by atoms with Crippen molar-refractivity contribution in [2.24, 2.45) is 0 Å². The third kappa shape index (κ3) is 4.29. The number of halogens is 3. The molecule has 2 aromatic rings. The Balaban J connectivity index is 1.41.